The van der Waals surface area contributed by atoms with E-state index < -0.39 is 24.2 Å². The third kappa shape index (κ3) is 1.42. The van der Waals surface area contributed by atoms with Crippen LogP contribution in [0.3, 0.4) is 0 Å². The van der Waals surface area contributed by atoms with Gasteiger partial charge in [0.1, 0.15) is 12.4 Å². The number of carbonyl (C=O) groups excluding carboxylic acids is 1. The molecule has 1 saturated carbocycles. The first-order chi connectivity index (χ1) is 5.16. The molecule has 0 unspecified atom stereocenters. The van der Waals surface area contributed by atoms with Crippen molar-refractivity contribution in [2.45, 2.75) is 25.0 Å². The molecule has 0 radical (unpaired) electrons. The van der Waals surface area contributed by atoms with E-state index in [0.29, 0.717) is 19.1 Å². The second kappa shape index (κ2) is 2.89. The highest BCUT2D eigenvalue weighted by molar-refractivity contribution is 5.64. The van der Waals surface area contributed by atoms with Gasteiger partial charge in [-0.2, -0.15) is 0 Å². The van der Waals surface area contributed by atoms with E-state index in [-0.39, 0.29) is 0 Å². The molecule has 0 aromatic carbocycles. The van der Waals surface area contributed by atoms with Crippen molar-refractivity contribution in [2.75, 3.05) is 6.61 Å². The highest BCUT2D eigenvalue weighted by atomic mass is 16.4. The van der Waals surface area contributed by atoms with E-state index in [9.17, 15) is 9.90 Å². The summed E-state index contributed by atoms with van der Waals surface area (Å²) in [5.41, 5.74) is -0.762. The molecular weight excluding hydrogens is 148 g/mol. The number of rotatable bonds is 4. The molecule has 0 bridgehead atoms. The van der Waals surface area contributed by atoms with Gasteiger partial charge in [-0.3, -0.25) is 0 Å². The largest absolute Gasteiger partial charge is 0.394 e. The predicted octanol–water partition coefficient (Wildman–Crippen LogP) is -1.32. The highest BCUT2D eigenvalue weighted by Crippen LogP contribution is 2.47. The maximum absolute atomic E-state index is 10.4. The molecule has 1 fully saturated rings. The van der Waals surface area contributed by atoms with Crippen molar-refractivity contribution in [1.29, 1.82) is 0 Å². The van der Waals surface area contributed by atoms with Gasteiger partial charge in [-0.05, 0) is 12.8 Å². The summed E-state index contributed by atoms with van der Waals surface area (Å²) in [6, 6.07) is 0. The normalized spacial score (nSPS) is 25.7. The zero-order valence-corrected chi connectivity index (χ0v) is 6.10. The van der Waals surface area contributed by atoms with Gasteiger partial charge in [-0.1, -0.05) is 0 Å². The average Bonchev–Trinajstić information content (AvgIpc) is 2.82. The third-order valence-electron chi connectivity index (χ3n) is 2.20. The van der Waals surface area contributed by atoms with Crippen LogP contribution in [0.2, 0.25) is 0 Å². The standard InChI is InChI=1S/C7H12O4/c8-3-5(10)6(11)7(4-9)1-2-7/h4-6,8,10-11H,1-3H2/t5-,6-/m1/s1. The minimum Gasteiger partial charge on any atom is -0.394 e. The van der Waals surface area contributed by atoms with Gasteiger partial charge in [0.05, 0.1) is 18.1 Å². The van der Waals surface area contributed by atoms with Crippen molar-refractivity contribution in [1.82, 2.24) is 0 Å². The molecule has 1 aliphatic rings. The number of carbonyl (C=O) groups is 1. The second-order valence-electron chi connectivity index (χ2n) is 3.05. The lowest BCUT2D eigenvalue weighted by Crippen LogP contribution is -2.38. The topological polar surface area (TPSA) is 77.8 Å². The second-order valence-corrected chi connectivity index (χ2v) is 3.05. The molecule has 0 aromatic rings. The Morgan fingerprint density at radius 1 is 1.45 bits per heavy atom. The van der Waals surface area contributed by atoms with Crippen molar-refractivity contribution in [3.05, 3.63) is 0 Å². The monoisotopic (exact) mass is 160 g/mol. The Kier molecular flexibility index (Phi) is 2.27. The molecule has 64 valence electrons. The summed E-state index contributed by atoms with van der Waals surface area (Å²) in [7, 11) is 0. The summed E-state index contributed by atoms with van der Waals surface area (Å²) in [5, 5.41) is 26.7. The molecule has 0 aliphatic heterocycles. The van der Waals surface area contributed by atoms with Crippen LogP contribution in [0, 0.1) is 5.41 Å². The average molecular weight is 160 g/mol. The number of aliphatic hydroxyl groups excluding tert-OH is 3. The maximum atomic E-state index is 10.4. The summed E-state index contributed by atoms with van der Waals surface area (Å²) in [6.45, 7) is -0.503. The van der Waals surface area contributed by atoms with Gasteiger partial charge in [-0.15, -0.1) is 0 Å². The molecular formula is C7H12O4. The van der Waals surface area contributed by atoms with E-state index in [0.717, 1.165) is 0 Å². The molecule has 0 saturated heterocycles. The molecule has 0 heterocycles. The lowest BCUT2D eigenvalue weighted by atomic mass is 9.97. The van der Waals surface area contributed by atoms with Crippen LogP contribution in [-0.4, -0.2) is 40.4 Å². The highest BCUT2D eigenvalue weighted by Gasteiger charge is 2.51. The van der Waals surface area contributed by atoms with E-state index in [1.54, 1.807) is 0 Å². The summed E-state index contributed by atoms with van der Waals surface area (Å²) in [6.07, 6.45) is -0.423. The Bertz CT molecular complexity index is 153. The molecule has 3 N–H and O–H groups in total. The third-order valence-corrected chi connectivity index (χ3v) is 2.20. The summed E-state index contributed by atoms with van der Waals surface area (Å²) < 4.78 is 0. The molecule has 0 aromatic heterocycles. The number of aldehydes is 1. The molecule has 2 atom stereocenters. The van der Waals surface area contributed by atoms with Crippen LogP contribution < -0.4 is 0 Å². The Balaban J connectivity index is 2.52. The Morgan fingerprint density at radius 2 is 2.00 bits per heavy atom. The summed E-state index contributed by atoms with van der Waals surface area (Å²) in [4.78, 5) is 10.4. The van der Waals surface area contributed by atoms with Crippen molar-refractivity contribution in [3.8, 4) is 0 Å². The molecule has 11 heavy (non-hydrogen) atoms. The van der Waals surface area contributed by atoms with E-state index in [2.05, 4.69) is 0 Å². The first-order valence-corrected chi connectivity index (χ1v) is 3.59. The summed E-state index contributed by atoms with van der Waals surface area (Å²) >= 11 is 0. The summed E-state index contributed by atoms with van der Waals surface area (Å²) in [5.74, 6) is 0. The zero-order valence-electron chi connectivity index (χ0n) is 6.10. The molecule has 4 heteroatoms. The fourth-order valence-corrected chi connectivity index (χ4v) is 1.11. The van der Waals surface area contributed by atoms with Crippen molar-refractivity contribution < 1.29 is 20.1 Å². The van der Waals surface area contributed by atoms with Gasteiger partial charge in [0.2, 0.25) is 0 Å². The lowest BCUT2D eigenvalue weighted by Gasteiger charge is -2.20. The van der Waals surface area contributed by atoms with E-state index in [4.69, 9.17) is 10.2 Å². The van der Waals surface area contributed by atoms with Gasteiger partial charge in [0.25, 0.3) is 0 Å². The van der Waals surface area contributed by atoms with E-state index >= 15 is 0 Å². The molecule has 1 aliphatic carbocycles. The molecule has 4 nitrogen and oxygen atoms in total. The Morgan fingerprint density at radius 3 is 2.27 bits per heavy atom. The minimum absolute atomic E-state index is 0.503. The van der Waals surface area contributed by atoms with E-state index in [1.807, 2.05) is 0 Å². The molecule has 0 spiro atoms. The van der Waals surface area contributed by atoms with Crippen LogP contribution in [0.4, 0.5) is 0 Å². The van der Waals surface area contributed by atoms with Gasteiger partial charge in [0, 0.05) is 0 Å². The van der Waals surface area contributed by atoms with Crippen LogP contribution >= 0.6 is 0 Å². The van der Waals surface area contributed by atoms with Crippen LogP contribution in [0.25, 0.3) is 0 Å². The van der Waals surface area contributed by atoms with Crippen LogP contribution in [-0.2, 0) is 4.79 Å². The fraction of sp³-hybridized carbons (Fsp3) is 0.857. The zero-order chi connectivity index (χ0) is 8.48. The first kappa shape index (κ1) is 8.64. The van der Waals surface area contributed by atoms with Crippen molar-refractivity contribution in [2.24, 2.45) is 5.41 Å². The predicted molar refractivity (Wildman–Crippen MR) is 36.8 cm³/mol. The number of aliphatic hydroxyl groups is 3. The smallest absolute Gasteiger partial charge is 0.128 e. The van der Waals surface area contributed by atoms with Crippen molar-refractivity contribution >= 4 is 6.29 Å². The van der Waals surface area contributed by atoms with Crippen LogP contribution in [0.15, 0.2) is 0 Å². The van der Waals surface area contributed by atoms with Gasteiger partial charge < -0.3 is 20.1 Å². The fourth-order valence-electron chi connectivity index (χ4n) is 1.11. The van der Waals surface area contributed by atoms with Gasteiger partial charge in [0.15, 0.2) is 0 Å². The molecule has 1 rings (SSSR count). The number of hydrogen-bond donors (Lipinski definition) is 3. The lowest BCUT2D eigenvalue weighted by molar-refractivity contribution is -0.121. The van der Waals surface area contributed by atoms with E-state index in [1.165, 1.54) is 0 Å². The van der Waals surface area contributed by atoms with Crippen LogP contribution in [0.5, 0.6) is 0 Å². The number of hydrogen-bond acceptors (Lipinski definition) is 4. The Labute approximate surface area is 64.5 Å². The first-order valence-electron chi connectivity index (χ1n) is 3.59. The Hall–Kier alpha value is -0.450. The SMILES string of the molecule is O=CC1([C@H](O)[C@H](O)CO)CC1. The van der Waals surface area contributed by atoms with Gasteiger partial charge in [-0.25, -0.2) is 0 Å². The quantitative estimate of drug-likeness (QED) is 0.446. The van der Waals surface area contributed by atoms with Gasteiger partial charge >= 0.3 is 0 Å². The minimum atomic E-state index is -1.19. The van der Waals surface area contributed by atoms with Crippen LogP contribution in [0.1, 0.15) is 12.8 Å². The molecule has 0 amide bonds. The van der Waals surface area contributed by atoms with Crippen molar-refractivity contribution in [3.63, 3.8) is 0 Å². The maximum Gasteiger partial charge on any atom is 0.128 e.